The Kier molecular flexibility index (Phi) is 5.48. The second-order valence-corrected chi connectivity index (χ2v) is 5.89. The molecule has 0 aliphatic rings. The zero-order valence-electron chi connectivity index (χ0n) is 12.6. The van der Waals surface area contributed by atoms with Gasteiger partial charge in [-0.05, 0) is 45.4 Å². The molecule has 0 radical (unpaired) electrons. The Labute approximate surface area is 116 Å². The Morgan fingerprint density at radius 3 is 2.47 bits per heavy atom. The highest BCUT2D eigenvalue weighted by Gasteiger charge is 2.17. The van der Waals surface area contributed by atoms with Crippen molar-refractivity contribution in [1.82, 2.24) is 15.2 Å². The molecule has 1 amide bonds. The van der Waals surface area contributed by atoms with Gasteiger partial charge in [0.25, 0.3) is 0 Å². The maximum absolute atomic E-state index is 12.1. The lowest BCUT2D eigenvalue weighted by atomic mass is 10.1. The van der Waals surface area contributed by atoms with Gasteiger partial charge in [0.1, 0.15) is 0 Å². The summed E-state index contributed by atoms with van der Waals surface area (Å²) in [4.78, 5) is 17.9. The van der Waals surface area contributed by atoms with Crippen molar-refractivity contribution in [2.24, 2.45) is 0 Å². The van der Waals surface area contributed by atoms with Crippen LogP contribution in [-0.2, 0) is 4.79 Å². The summed E-state index contributed by atoms with van der Waals surface area (Å²) in [7, 11) is 1.85. The molecule has 0 saturated heterocycles. The van der Waals surface area contributed by atoms with Gasteiger partial charge in [-0.15, -0.1) is 0 Å². The minimum absolute atomic E-state index is 0.0512. The second-order valence-electron chi connectivity index (χ2n) is 5.89. The van der Waals surface area contributed by atoms with Crippen molar-refractivity contribution in [1.29, 1.82) is 0 Å². The number of pyridine rings is 1. The average Bonchev–Trinajstić information content (AvgIpc) is 2.36. The van der Waals surface area contributed by atoms with E-state index in [9.17, 15) is 4.79 Å². The fourth-order valence-electron chi connectivity index (χ4n) is 1.80. The first-order valence-electron chi connectivity index (χ1n) is 6.72. The third-order valence-corrected chi connectivity index (χ3v) is 3.16. The minimum atomic E-state index is 0.0512. The van der Waals surface area contributed by atoms with Gasteiger partial charge in [-0.2, -0.15) is 0 Å². The van der Waals surface area contributed by atoms with Gasteiger partial charge in [0.05, 0.1) is 6.04 Å². The number of carbonyl (C=O) groups is 1. The Morgan fingerprint density at radius 2 is 1.95 bits per heavy atom. The molecule has 0 bridgehead atoms. The summed E-state index contributed by atoms with van der Waals surface area (Å²) in [5.74, 6) is 0.154. The van der Waals surface area contributed by atoms with Crippen molar-refractivity contribution in [2.75, 3.05) is 13.6 Å². The van der Waals surface area contributed by atoms with Crippen LogP contribution in [0, 0.1) is 0 Å². The fraction of sp³-hybridized carbons (Fsp3) is 0.600. The summed E-state index contributed by atoms with van der Waals surface area (Å²) in [6.45, 7) is 9.03. The largest absolute Gasteiger partial charge is 0.339 e. The number of rotatable bonds is 5. The van der Waals surface area contributed by atoms with E-state index in [-0.39, 0.29) is 17.5 Å². The molecular formula is C15H25N3O. The highest BCUT2D eigenvalue weighted by atomic mass is 16.2. The van der Waals surface area contributed by atoms with Crippen LogP contribution in [-0.4, -0.2) is 34.9 Å². The SMILES string of the molecule is CC(c1ccncc1)N(C)C(=O)CCNC(C)(C)C. The maximum atomic E-state index is 12.1. The molecule has 0 aliphatic heterocycles. The first kappa shape index (κ1) is 15.6. The molecule has 0 fully saturated rings. The molecule has 0 saturated carbocycles. The van der Waals surface area contributed by atoms with Gasteiger partial charge in [0, 0.05) is 37.9 Å². The third-order valence-electron chi connectivity index (χ3n) is 3.16. The van der Waals surface area contributed by atoms with Gasteiger partial charge >= 0.3 is 0 Å². The van der Waals surface area contributed by atoms with Gasteiger partial charge in [0.2, 0.25) is 5.91 Å². The molecule has 1 unspecified atom stereocenters. The zero-order valence-corrected chi connectivity index (χ0v) is 12.6. The molecule has 1 rings (SSSR count). The normalized spacial score (nSPS) is 13.1. The molecule has 106 valence electrons. The van der Waals surface area contributed by atoms with Crippen LogP contribution < -0.4 is 5.32 Å². The predicted octanol–water partition coefficient (Wildman–Crippen LogP) is 2.38. The van der Waals surface area contributed by atoms with Crippen LogP contribution in [0.1, 0.15) is 45.7 Å². The lowest BCUT2D eigenvalue weighted by Gasteiger charge is -2.26. The van der Waals surface area contributed by atoms with Crippen molar-refractivity contribution >= 4 is 5.91 Å². The summed E-state index contributed by atoms with van der Waals surface area (Å²) in [5, 5.41) is 3.33. The van der Waals surface area contributed by atoms with E-state index in [1.54, 1.807) is 17.3 Å². The van der Waals surface area contributed by atoms with Gasteiger partial charge in [-0.25, -0.2) is 0 Å². The van der Waals surface area contributed by atoms with Gasteiger partial charge in [-0.3, -0.25) is 9.78 Å². The summed E-state index contributed by atoms with van der Waals surface area (Å²) >= 11 is 0. The van der Waals surface area contributed by atoms with E-state index in [1.165, 1.54) is 0 Å². The van der Waals surface area contributed by atoms with Crippen LogP contribution in [0.4, 0.5) is 0 Å². The maximum Gasteiger partial charge on any atom is 0.224 e. The quantitative estimate of drug-likeness (QED) is 0.887. The van der Waals surface area contributed by atoms with Gasteiger partial charge < -0.3 is 10.2 Å². The molecule has 1 atom stereocenters. The number of aromatic nitrogens is 1. The van der Waals surface area contributed by atoms with Crippen LogP contribution >= 0.6 is 0 Å². The number of nitrogens with one attached hydrogen (secondary N) is 1. The third kappa shape index (κ3) is 5.39. The Bertz CT molecular complexity index is 398. The van der Waals surface area contributed by atoms with Crippen molar-refractivity contribution < 1.29 is 4.79 Å². The Morgan fingerprint density at radius 1 is 1.37 bits per heavy atom. The zero-order chi connectivity index (χ0) is 14.5. The average molecular weight is 263 g/mol. The first-order valence-corrected chi connectivity index (χ1v) is 6.72. The topological polar surface area (TPSA) is 45.2 Å². The second kappa shape index (κ2) is 6.66. The van der Waals surface area contributed by atoms with Crippen molar-refractivity contribution in [3.63, 3.8) is 0 Å². The Hall–Kier alpha value is -1.42. The van der Waals surface area contributed by atoms with E-state index in [0.717, 1.165) is 5.56 Å². The van der Waals surface area contributed by atoms with E-state index >= 15 is 0 Å². The summed E-state index contributed by atoms with van der Waals surface area (Å²) in [5.41, 5.74) is 1.16. The van der Waals surface area contributed by atoms with Crippen LogP contribution in [0.3, 0.4) is 0 Å². The lowest BCUT2D eigenvalue weighted by molar-refractivity contribution is -0.131. The van der Waals surface area contributed by atoms with E-state index in [2.05, 4.69) is 31.1 Å². The van der Waals surface area contributed by atoms with Crippen LogP contribution in [0.15, 0.2) is 24.5 Å². The van der Waals surface area contributed by atoms with E-state index in [0.29, 0.717) is 13.0 Å². The number of hydrogen-bond donors (Lipinski definition) is 1. The number of hydrogen-bond acceptors (Lipinski definition) is 3. The molecule has 1 aromatic rings. The standard InChI is InChI=1S/C15H25N3O/c1-12(13-6-9-16-10-7-13)18(5)14(19)8-11-17-15(2,3)4/h6-7,9-10,12,17H,8,11H2,1-5H3. The Balaban J connectivity index is 2.48. The molecule has 0 spiro atoms. The molecule has 1 aromatic heterocycles. The highest BCUT2D eigenvalue weighted by molar-refractivity contribution is 5.76. The molecule has 1 N–H and O–H groups in total. The van der Waals surface area contributed by atoms with Gasteiger partial charge in [-0.1, -0.05) is 0 Å². The van der Waals surface area contributed by atoms with E-state index in [1.807, 2.05) is 26.1 Å². The predicted molar refractivity (Wildman–Crippen MR) is 77.8 cm³/mol. The van der Waals surface area contributed by atoms with E-state index < -0.39 is 0 Å². The molecular weight excluding hydrogens is 238 g/mol. The minimum Gasteiger partial charge on any atom is -0.339 e. The van der Waals surface area contributed by atoms with Crippen molar-refractivity contribution in [3.05, 3.63) is 30.1 Å². The molecule has 0 aliphatic carbocycles. The lowest BCUT2D eigenvalue weighted by Crippen LogP contribution is -2.39. The van der Waals surface area contributed by atoms with Crippen LogP contribution in [0.5, 0.6) is 0 Å². The molecule has 19 heavy (non-hydrogen) atoms. The van der Waals surface area contributed by atoms with E-state index in [4.69, 9.17) is 0 Å². The number of amides is 1. The van der Waals surface area contributed by atoms with Crippen LogP contribution in [0.2, 0.25) is 0 Å². The van der Waals surface area contributed by atoms with Crippen molar-refractivity contribution in [3.8, 4) is 0 Å². The number of carbonyl (C=O) groups excluding carboxylic acids is 1. The monoisotopic (exact) mass is 263 g/mol. The summed E-state index contributed by atoms with van der Waals surface area (Å²) < 4.78 is 0. The summed E-state index contributed by atoms with van der Waals surface area (Å²) in [6, 6.07) is 3.97. The molecule has 1 heterocycles. The first-order chi connectivity index (χ1) is 8.81. The van der Waals surface area contributed by atoms with Crippen molar-refractivity contribution in [2.45, 2.75) is 45.7 Å². The molecule has 4 heteroatoms. The fourth-order valence-corrected chi connectivity index (χ4v) is 1.80. The number of nitrogens with zero attached hydrogens (tertiary/aromatic N) is 2. The van der Waals surface area contributed by atoms with Gasteiger partial charge in [0.15, 0.2) is 0 Å². The summed E-state index contributed by atoms with van der Waals surface area (Å²) in [6.07, 6.45) is 4.03. The highest BCUT2D eigenvalue weighted by Crippen LogP contribution is 2.18. The molecule has 4 nitrogen and oxygen atoms in total. The molecule has 0 aromatic carbocycles. The smallest absolute Gasteiger partial charge is 0.224 e. The van der Waals surface area contributed by atoms with Crippen LogP contribution in [0.25, 0.3) is 0 Å².